The summed E-state index contributed by atoms with van der Waals surface area (Å²) in [6.07, 6.45) is 9.19. The molecule has 2 aromatic rings. The van der Waals surface area contributed by atoms with Crippen LogP contribution in [-0.2, 0) is 14.0 Å². The molecule has 0 bridgehead atoms. The van der Waals surface area contributed by atoms with E-state index in [2.05, 4.69) is 45.4 Å². The first-order valence-corrected chi connectivity index (χ1v) is 11.3. The predicted molar refractivity (Wildman–Crippen MR) is 116 cm³/mol. The van der Waals surface area contributed by atoms with Gasteiger partial charge in [-0.1, -0.05) is 6.42 Å². The Balaban J connectivity index is 1.67. The van der Waals surface area contributed by atoms with Crippen LogP contribution in [0.25, 0.3) is 10.9 Å². The van der Waals surface area contributed by atoms with Crippen molar-refractivity contribution in [2.45, 2.75) is 96.5 Å². The largest absolute Gasteiger partial charge is 0.495 e. The highest BCUT2D eigenvalue weighted by Gasteiger charge is 2.53. The lowest BCUT2D eigenvalue weighted by Gasteiger charge is -2.32. The van der Waals surface area contributed by atoms with Gasteiger partial charge in [0, 0.05) is 12.0 Å². The Bertz CT molecular complexity index is 910. The molecule has 0 radical (unpaired) electrons. The van der Waals surface area contributed by atoms with Crippen molar-refractivity contribution in [1.29, 1.82) is 0 Å². The van der Waals surface area contributed by atoms with Crippen molar-refractivity contribution in [3.8, 4) is 0 Å². The van der Waals surface area contributed by atoms with Gasteiger partial charge in [-0.25, -0.2) is 4.68 Å². The van der Waals surface area contributed by atoms with E-state index in [9.17, 15) is 0 Å². The molecule has 156 valence electrons. The second-order valence-electron chi connectivity index (χ2n) is 10.1. The number of hydrogen-bond acceptors (Lipinski definition) is 4. The molecule has 3 fully saturated rings. The number of aryl methyl sites for hydroxylation is 1. The maximum absolute atomic E-state index is 6.54. The number of benzene rings is 1. The van der Waals surface area contributed by atoms with Gasteiger partial charge in [-0.15, -0.1) is 0 Å². The van der Waals surface area contributed by atoms with Crippen molar-refractivity contribution < 1.29 is 14.0 Å². The van der Waals surface area contributed by atoms with E-state index >= 15 is 0 Å². The summed E-state index contributed by atoms with van der Waals surface area (Å²) in [6.45, 7) is 11.6. The maximum Gasteiger partial charge on any atom is 0.495 e. The lowest BCUT2D eigenvalue weighted by atomic mass is 9.66. The van der Waals surface area contributed by atoms with Crippen LogP contribution in [-0.4, -0.2) is 34.7 Å². The summed E-state index contributed by atoms with van der Waals surface area (Å²) in [5.41, 5.74) is 4.38. The van der Waals surface area contributed by atoms with Crippen LogP contribution in [0.2, 0.25) is 0 Å². The molecular weight excluding hydrogens is 363 g/mol. The fourth-order valence-corrected chi connectivity index (χ4v) is 4.96. The Hall–Kier alpha value is -1.37. The van der Waals surface area contributed by atoms with Crippen molar-refractivity contribution >= 4 is 23.5 Å². The van der Waals surface area contributed by atoms with Crippen LogP contribution in [0.4, 0.5) is 0 Å². The molecule has 3 heterocycles. The normalized spacial score (nSPS) is 26.8. The molecule has 0 N–H and O–H groups in total. The molecule has 5 nitrogen and oxygen atoms in total. The molecule has 29 heavy (non-hydrogen) atoms. The number of rotatable bonds is 3. The highest BCUT2D eigenvalue weighted by molar-refractivity contribution is 6.65. The van der Waals surface area contributed by atoms with Crippen LogP contribution in [0.15, 0.2) is 12.3 Å². The highest BCUT2D eigenvalue weighted by atomic mass is 16.7. The summed E-state index contributed by atoms with van der Waals surface area (Å²) in [4.78, 5) is 0. The van der Waals surface area contributed by atoms with E-state index in [4.69, 9.17) is 19.1 Å². The van der Waals surface area contributed by atoms with Gasteiger partial charge >= 0.3 is 7.12 Å². The van der Waals surface area contributed by atoms with Gasteiger partial charge in [0.25, 0.3) is 0 Å². The Morgan fingerprint density at radius 1 is 1.03 bits per heavy atom. The van der Waals surface area contributed by atoms with Gasteiger partial charge in [0.2, 0.25) is 0 Å². The van der Waals surface area contributed by atoms with Crippen molar-refractivity contribution in [3.63, 3.8) is 0 Å². The van der Waals surface area contributed by atoms with E-state index in [1.807, 2.05) is 6.20 Å². The Labute approximate surface area is 174 Å². The van der Waals surface area contributed by atoms with Crippen molar-refractivity contribution in [3.05, 3.63) is 23.4 Å². The SMILES string of the molecule is Cc1cc2c(cnn2C2CCCCO2)c(B2OC(C)(C)C(C)(C)O2)c1C1CCC1. The first-order valence-electron chi connectivity index (χ1n) is 11.3. The Kier molecular flexibility index (Phi) is 4.61. The summed E-state index contributed by atoms with van der Waals surface area (Å²) in [7, 11) is -0.358. The van der Waals surface area contributed by atoms with Crippen LogP contribution in [0.3, 0.4) is 0 Å². The van der Waals surface area contributed by atoms with Crippen LogP contribution in [0, 0.1) is 6.92 Å². The quantitative estimate of drug-likeness (QED) is 0.711. The second-order valence-corrected chi connectivity index (χ2v) is 10.1. The molecule has 0 spiro atoms. The molecule has 6 heteroatoms. The summed E-state index contributed by atoms with van der Waals surface area (Å²) in [5.74, 6) is 0.600. The third kappa shape index (κ3) is 3.06. The summed E-state index contributed by atoms with van der Waals surface area (Å²) in [6, 6.07) is 2.31. The van der Waals surface area contributed by atoms with Crippen LogP contribution in [0.1, 0.15) is 89.5 Å². The van der Waals surface area contributed by atoms with E-state index in [0.717, 1.165) is 30.4 Å². The van der Waals surface area contributed by atoms with E-state index in [1.54, 1.807) is 0 Å². The number of aromatic nitrogens is 2. The van der Waals surface area contributed by atoms with E-state index in [-0.39, 0.29) is 24.5 Å². The summed E-state index contributed by atoms with van der Waals surface area (Å²) >= 11 is 0. The van der Waals surface area contributed by atoms with Crippen molar-refractivity contribution in [2.75, 3.05) is 6.61 Å². The average Bonchev–Trinajstić information content (AvgIpc) is 3.12. The van der Waals surface area contributed by atoms with E-state index in [0.29, 0.717) is 5.92 Å². The van der Waals surface area contributed by atoms with Crippen molar-refractivity contribution in [1.82, 2.24) is 9.78 Å². The fourth-order valence-electron chi connectivity index (χ4n) is 4.96. The molecule has 5 rings (SSSR count). The minimum absolute atomic E-state index is 0.0290. The topological polar surface area (TPSA) is 45.5 Å². The molecule has 1 aromatic heterocycles. The van der Waals surface area contributed by atoms with E-state index in [1.165, 1.54) is 42.3 Å². The van der Waals surface area contributed by atoms with Gasteiger partial charge in [0.05, 0.1) is 22.9 Å². The maximum atomic E-state index is 6.54. The third-order valence-electron chi connectivity index (χ3n) is 7.62. The summed E-state index contributed by atoms with van der Waals surface area (Å²) in [5, 5.41) is 5.95. The zero-order chi connectivity index (χ0) is 20.4. The molecular formula is C23H33BN2O3. The second kappa shape index (κ2) is 6.83. The fraction of sp³-hybridized carbons (Fsp3) is 0.696. The van der Waals surface area contributed by atoms with Gasteiger partial charge in [-0.2, -0.15) is 5.10 Å². The lowest BCUT2D eigenvalue weighted by molar-refractivity contribution is -0.0366. The van der Waals surface area contributed by atoms with Gasteiger partial charge in [-0.05, 0) is 95.3 Å². The number of nitrogens with zero attached hydrogens (tertiary/aromatic N) is 2. The average molecular weight is 396 g/mol. The Morgan fingerprint density at radius 3 is 2.34 bits per heavy atom. The first-order chi connectivity index (χ1) is 13.8. The molecule has 0 amide bonds. The van der Waals surface area contributed by atoms with Gasteiger partial charge in [0.1, 0.15) is 0 Å². The van der Waals surface area contributed by atoms with Gasteiger partial charge in [0.15, 0.2) is 6.23 Å². The van der Waals surface area contributed by atoms with Crippen molar-refractivity contribution in [2.24, 2.45) is 0 Å². The highest BCUT2D eigenvalue weighted by Crippen LogP contribution is 2.42. The zero-order valence-corrected chi connectivity index (χ0v) is 18.5. The third-order valence-corrected chi connectivity index (χ3v) is 7.62. The number of fused-ring (bicyclic) bond motifs is 1. The lowest BCUT2D eigenvalue weighted by Crippen LogP contribution is -2.41. The first kappa shape index (κ1) is 19.6. The van der Waals surface area contributed by atoms with E-state index < -0.39 is 0 Å². The number of hydrogen-bond donors (Lipinski definition) is 0. The predicted octanol–water partition coefficient (Wildman–Crippen LogP) is 4.61. The molecule has 1 saturated carbocycles. The minimum Gasteiger partial charge on any atom is -0.399 e. The van der Waals surface area contributed by atoms with Crippen LogP contribution >= 0.6 is 0 Å². The van der Waals surface area contributed by atoms with Crippen LogP contribution in [0.5, 0.6) is 0 Å². The zero-order valence-electron chi connectivity index (χ0n) is 18.5. The summed E-state index contributed by atoms with van der Waals surface area (Å²) < 4.78 is 21.2. The molecule has 1 aliphatic carbocycles. The van der Waals surface area contributed by atoms with Gasteiger partial charge in [-0.3, -0.25) is 0 Å². The monoisotopic (exact) mass is 396 g/mol. The molecule has 1 atom stereocenters. The molecule has 3 aliphatic rings. The Morgan fingerprint density at radius 2 is 1.76 bits per heavy atom. The minimum atomic E-state index is -0.358. The standard InChI is InChI=1S/C23H33BN2O3/c1-15-13-18-17(14-25-26(18)19-11-6-7-12-27-19)21(20(15)16-9-8-10-16)24-28-22(2,3)23(4,5)29-24/h13-14,16,19H,6-12H2,1-5H3. The molecule has 2 saturated heterocycles. The van der Waals surface area contributed by atoms with Crippen LogP contribution < -0.4 is 5.46 Å². The van der Waals surface area contributed by atoms with Gasteiger partial charge < -0.3 is 14.0 Å². The number of ether oxygens (including phenoxy) is 1. The molecule has 2 aliphatic heterocycles. The smallest absolute Gasteiger partial charge is 0.399 e. The molecule has 1 aromatic carbocycles. The molecule has 1 unspecified atom stereocenters.